The van der Waals surface area contributed by atoms with Crippen LogP contribution in [0.4, 0.5) is 0 Å². The van der Waals surface area contributed by atoms with Crippen molar-refractivity contribution < 1.29 is 38.4 Å². The molecule has 2 aliphatic rings. The molecule has 0 bridgehead atoms. The maximum Gasteiger partial charge on any atom is 0.295 e. The van der Waals surface area contributed by atoms with Crippen molar-refractivity contribution in [2.45, 2.75) is 6.04 Å². The average Bonchev–Trinajstić information content (AvgIpc) is 3.11. The molecule has 2 heterocycles. The fraction of sp³-hybridized carbons (Fsp3) is 0.333. The van der Waals surface area contributed by atoms with Gasteiger partial charge in [0.05, 0.1) is 32.4 Å². The fourth-order valence-electron chi connectivity index (χ4n) is 4.02. The smallest absolute Gasteiger partial charge is 0.295 e. The van der Waals surface area contributed by atoms with E-state index in [0.717, 1.165) is 0 Å². The maximum absolute atomic E-state index is 13.1. The van der Waals surface area contributed by atoms with Crippen LogP contribution < -0.4 is 18.9 Å². The number of hydrogen-bond acceptors (Lipinski definition) is 8. The third-order valence-electron chi connectivity index (χ3n) is 5.62. The minimum atomic E-state index is -0.840. The number of fused-ring (bicyclic) bond motifs is 1. The van der Waals surface area contributed by atoms with Gasteiger partial charge < -0.3 is 33.7 Å². The quantitative estimate of drug-likeness (QED) is 0.386. The molecule has 1 atom stereocenters. The summed E-state index contributed by atoms with van der Waals surface area (Å²) >= 11 is 0. The average molecular weight is 455 g/mol. The number of rotatable bonds is 7. The van der Waals surface area contributed by atoms with Crippen molar-refractivity contribution in [3.63, 3.8) is 0 Å². The van der Waals surface area contributed by atoms with E-state index in [1.807, 2.05) is 0 Å². The molecule has 9 heteroatoms. The summed E-state index contributed by atoms with van der Waals surface area (Å²) in [6.07, 6.45) is 0. The molecule has 0 radical (unpaired) electrons. The Morgan fingerprint density at radius 2 is 1.73 bits per heavy atom. The van der Waals surface area contributed by atoms with Gasteiger partial charge in [-0.3, -0.25) is 9.59 Å². The Morgan fingerprint density at radius 3 is 2.42 bits per heavy atom. The summed E-state index contributed by atoms with van der Waals surface area (Å²) < 4.78 is 27.0. The van der Waals surface area contributed by atoms with Crippen molar-refractivity contribution >= 4 is 17.4 Å². The summed E-state index contributed by atoms with van der Waals surface area (Å²) in [6.45, 7) is 1.20. The second-order valence-corrected chi connectivity index (χ2v) is 7.46. The highest BCUT2D eigenvalue weighted by Gasteiger charge is 2.46. The Labute approximate surface area is 191 Å². The van der Waals surface area contributed by atoms with Crippen molar-refractivity contribution in [1.82, 2.24) is 4.90 Å². The Kier molecular flexibility index (Phi) is 6.41. The van der Waals surface area contributed by atoms with Crippen LogP contribution in [0.3, 0.4) is 0 Å². The van der Waals surface area contributed by atoms with E-state index in [2.05, 4.69) is 0 Å². The van der Waals surface area contributed by atoms with E-state index in [0.29, 0.717) is 47.3 Å². The maximum atomic E-state index is 13.1. The Bertz CT molecular complexity index is 1110. The number of Topliss-reactive ketones (excluding diaryl/α,β-unsaturated/α-hetero) is 1. The molecule has 0 saturated carbocycles. The van der Waals surface area contributed by atoms with E-state index in [1.165, 1.54) is 26.2 Å². The number of amides is 1. The minimum absolute atomic E-state index is 0.0278. The Balaban J connectivity index is 1.85. The van der Waals surface area contributed by atoms with Crippen molar-refractivity contribution in [3.05, 3.63) is 53.1 Å². The third-order valence-corrected chi connectivity index (χ3v) is 5.62. The van der Waals surface area contributed by atoms with Crippen LogP contribution in [0.2, 0.25) is 0 Å². The number of aliphatic hydroxyl groups is 1. The highest BCUT2D eigenvalue weighted by molar-refractivity contribution is 6.46. The molecule has 1 amide bonds. The van der Waals surface area contributed by atoms with E-state index in [1.54, 1.807) is 36.4 Å². The van der Waals surface area contributed by atoms with Crippen LogP contribution in [0.25, 0.3) is 5.76 Å². The number of benzene rings is 2. The van der Waals surface area contributed by atoms with E-state index in [4.69, 9.17) is 23.7 Å². The number of ether oxygens (including phenoxy) is 5. The van der Waals surface area contributed by atoms with Gasteiger partial charge in [-0.25, -0.2) is 0 Å². The lowest BCUT2D eigenvalue weighted by atomic mass is 9.95. The molecule has 1 fully saturated rings. The van der Waals surface area contributed by atoms with E-state index in [-0.39, 0.29) is 24.5 Å². The highest BCUT2D eigenvalue weighted by atomic mass is 16.6. The Hall–Kier alpha value is -3.72. The molecular weight excluding hydrogens is 430 g/mol. The highest BCUT2D eigenvalue weighted by Crippen LogP contribution is 2.42. The van der Waals surface area contributed by atoms with E-state index >= 15 is 0 Å². The van der Waals surface area contributed by atoms with Crippen LogP contribution in [-0.2, 0) is 14.3 Å². The lowest BCUT2D eigenvalue weighted by Gasteiger charge is -2.25. The topological polar surface area (TPSA) is 104 Å². The first-order chi connectivity index (χ1) is 16.0. The molecular formula is C24H25NO8. The molecule has 174 valence electrons. The number of carbonyl (C=O) groups excluding carboxylic acids is 2. The zero-order chi connectivity index (χ0) is 23.5. The number of hydrogen-bond donors (Lipinski definition) is 1. The zero-order valence-corrected chi connectivity index (χ0v) is 18.6. The molecule has 9 nitrogen and oxygen atoms in total. The zero-order valence-electron chi connectivity index (χ0n) is 18.6. The van der Waals surface area contributed by atoms with Gasteiger partial charge in [-0.2, -0.15) is 0 Å². The number of carbonyl (C=O) groups is 2. The summed E-state index contributed by atoms with van der Waals surface area (Å²) in [5.74, 6) is 0.152. The SMILES string of the molecule is COCCN1C(=O)C(=O)/C(=C(\O)c2ccc3c(c2)OCCO3)C1c1ccc(OC)c(OC)c1. The molecule has 0 aromatic heterocycles. The molecule has 33 heavy (non-hydrogen) atoms. The van der Waals surface area contributed by atoms with Crippen LogP contribution in [0.15, 0.2) is 42.0 Å². The lowest BCUT2D eigenvalue weighted by molar-refractivity contribution is -0.140. The molecule has 0 aliphatic carbocycles. The predicted octanol–water partition coefficient (Wildman–Crippen LogP) is 2.54. The van der Waals surface area contributed by atoms with Crippen molar-refractivity contribution in [3.8, 4) is 23.0 Å². The first kappa shape index (κ1) is 22.5. The number of likely N-dealkylation sites (tertiary alicyclic amines) is 1. The Morgan fingerprint density at radius 1 is 1.00 bits per heavy atom. The van der Waals surface area contributed by atoms with Gasteiger partial charge in [0, 0.05) is 19.2 Å². The molecule has 1 saturated heterocycles. The van der Waals surface area contributed by atoms with Crippen molar-refractivity contribution in [2.75, 3.05) is 47.7 Å². The van der Waals surface area contributed by atoms with Gasteiger partial charge in [-0.1, -0.05) is 6.07 Å². The molecule has 1 N–H and O–H groups in total. The second-order valence-electron chi connectivity index (χ2n) is 7.46. The number of aliphatic hydroxyl groups excluding tert-OH is 1. The molecule has 2 aromatic rings. The third kappa shape index (κ3) is 4.07. The molecule has 2 aromatic carbocycles. The molecule has 4 rings (SSSR count). The number of methoxy groups -OCH3 is 3. The van der Waals surface area contributed by atoms with Gasteiger partial charge in [-0.15, -0.1) is 0 Å². The van der Waals surface area contributed by atoms with Crippen molar-refractivity contribution in [2.24, 2.45) is 0 Å². The van der Waals surface area contributed by atoms with E-state index < -0.39 is 17.7 Å². The number of nitrogens with zero attached hydrogens (tertiary/aromatic N) is 1. The van der Waals surface area contributed by atoms with Crippen LogP contribution in [0.5, 0.6) is 23.0 Å². The van der Waals surface area contributed by atoms with E-state index in [9.17, 15) is 14.7 Å². The molecule has 2 aliphatic heterocycles. The summed E-state index contributed by atoms with van der Waals surface area (Å²) in [6, 6.07) is 9.15. The van der Waals surface area contributed by atoms with Gasteiger partial charge in [-0.05, 0) is 35.9 Å². The van der Waals surface area contributed by atoms with Crippen LogP contribution in [0, 0.1) is 0 Å². The van der Waals surface area contributed by atoms with Gasteiger partial charge in [0.1, 0.15) is 19.0 Å². The van der Waals surface area contributed by atoms with Gasteiger partial charge in [0.2, 0.25) is 0 Å². The van der Waals surface area contributed by atoms with Crippen LogP contribution in [-0.4, -0.2) is 69.4 Å². The minimum Gasteiger partial charge on any atom is -0.507 e. The van der Waals surface area contributed by atoms with Gasteiger partial charge in [0.15, 0.2) is 23.0 Å². The van der Waals surface area contributed by atoms with Crippen LogP contribution >= 0.6 is 0 Å². The van der Waals surface area contributed by atoms with Crippen LogP contribution in [0.1, 0.15) is 17.2 Å². The molecule has 1 unspecified atom stereocenters. The largest absolute Gasteiger partial charge is 0.507 e. The summed E-state index contributed by atoms with van der Waals surface area (Å²) in [5, 5.41) is 11.2. The second kappa shape index (κ2) is 9.41. The monoisotopic (exact) mass is 455 g/mol. The number of ketones is 1. The summed E-state index contributed by atoms with van der Waals surface area (Å²) in [7, 11) is 4.53. The van der Waals surface area contributed by atoms with Crippen molar-refractivity contribution in [1.29, 1.82) is 0 Å². The summed E-state index contributed by atoms with van der Waals surface area (Å²) in [4.78, 5) is 27.4. The summed E-state index contributed by atoms with van der Waals surface area (Å²) in [5.41, 5.74) is 0.900. The normalized spacial score (nSPS) is 19.0. The standard InChI is InChI=1S/C24H25NO8/c1-29-9-8-25-21(14-4-6-16(30-2)18(12-14)31-3)20(23(27)24(25)28)22(26)15-5-7-17-19(13-15)33-11-10-32-17/h4-7,12-13,21,26H,8-11H2,1-3H3/b22-20-. The first-order valence-corrected chi connectivity index (χ1v) is 10.4. The van der Waals surface area contributed by atoms with Gasteiger partial charge >= 0.3 is 0 Å². The molecule has 0 spiro atoms. The van der Waals surface area contributed by atoms with Gasteiger partial charge in [0.25, 0.3) is 11.7 Å². The fourth-order valence-corrected chi connectivity index (χ4v) is 4.02. The first-order valence-electron chi connectivity index (χ1n) is 10.4. The lowest BCUT2D eigenvalue weighted by Crippen LogP contribution is -2.32. The predicted molar refractivity (Wildman–Crippen MR) is 118 cm³/mol.